The van der Waals surface area contributed by atoms with Gasteiger partial charge in [-0.25, -0.2) is 0 Å². The van der Waals surface area contributed by atoms with E-state index in [9.17, 15) is 14.7 Å². The molecule has 3 aromatic rings. The smallest absolute Gasteiger partial charge is 0.252 e. The molecule has 1 aliphatic rings. The Bertz CT molecular complexity index is 1060. The fourth-order valence-corrected chi connectivity index (χ4v) is 3.09. The van der Waals surface area contributed by atoms with E-state index < -0.39 is 24.5 Å². The number of aromatic nitrogens is 1. The van der Waals surface area contributed by atoms with Gasteiger partial charge in [0.05, 0.1) is 17.7 Å². The predicted octanol–water partition coefficient (Wildman–Crippen LogP) is 1.37. The van der Waals surface area contributed by atoms with Crippen LogP contribution < -0.4 is 20.1 Å². The zero-order chi connectivity index (χ0) is 20.2. The van der Waals surface area contributed by atoms with E-state index in [1.807, 2.05) is 18.2 Å². The van der Waals surface area contributed by atoms with Gasteiger partial charge in [-0.2, -0.15) is 0 Å². The normalized spacial score (nSPS) is 13.1. The topological polar surface area (TPSA) is 110 Å². The maximum atomic E-state index is 12.7. The Labute approximate surface area is 166 Å². The van der Waals surface area contributed by atoms with Crippen LogP contribution in [0, 0.1) is 0 Å². The molecule has 0 unspecified atom stereocenters. The second-order valence-corrected chi connectivity index (χ2v) is 6.49. The summed E-state index contributed by atoms with van der Waals surface area (Å²) in [6.07, 6.45) is 1.53. The Kier molecular flexibility index (Phi) is 5.26. The van der Waals surface area contributed by atoms with E-state index in [0.717, 1.165) is 5.56 Å². The molecule has 4 rings (SSSR count). The SMILES string of the molecule is O=C(N[C@@H](CO)C(=O)NCc1ccc2c(c1)OCO2)c1ccnc2ccccc12. The Morgan fingerprint density at radius 3 is 2.79 bits per heavy atom. The number of para-hydroxylation sites is 1. The maximum absolute atomic E-state index is 12.7. The van der Waals surface area contributed by atoms with E-state index in [1.165, 1.54) is 6.20 Å². The molecule has 0 bridgehead atoms. The van der Waals surface area contributed by atoms with Crippen molar-refractivity contribution in [3.63, 3.8) is 0 Å². The summed E-state index contributed by atoms with van der Waals surface area (Å²) in [6, 6.07) is 13.1. The summed E-state index contributed by atoms with van der Waals surface area (Å²) in [5, 5.41) is 15.6. The number of nitrogens with zero attached hydrogens (tertiary/aromatic N) is 1. The van der Waals surface area contributed by atoms with Crippen molar-refractivity contribution in [2.24, 2.45) is 0 Å². The number of carbonyl (C=O) groups excluding carboxylic acids is 2. The molecule has 1 aliphatic heterocycles. The van der Waals surface area contributed by atoms with Crippen LogP contribution in [-0.4, -0.2) is 41.3 Å². The van der Waals surface area contributed by atoms with Crippen molar-refractivity contribution in [2.75, 3.05) is 13.4 Å². The molecule has 0 saturated heterocycles. The first-order valence-corrected chi connectivity index (χ1v) is 9.07. The number of ether oxygens (including phenoxy) is 2. The van der Waals surface area contributed by atoms with Gasteiger partial charge in [0.25, 0.3) is 5.91 Å². The lowest BCUT2D eigenvalue weighted by Gasteiger charge is -2.17. The average molecular weight is 393 g/mol. The van der Waals surface area contributed by atoms with Gasteiger partial charge in [0, 0.05) is 18.1 Å². The molecule has 0 spiro atoms. The molecule has 29 heavy (non-hydrogen) atoms. The molecule has 2 amide bonds. The highest BCUT2D eigenvalue weighted by Crippen LogP contribution is 2.32. The number of aliphatic hydroxyl groups is 1. The second-order valence-electron chi connectivity index (χ2n) is 6.49. The van der Waals surface area contributed by atoms with Crippen LogP contribution in [0.25, 0.3) is 10.9 Å². The highest BCUT2D eigenvalue weighted by Gasteiger charge is 2.22. The van der Waals surface area contributed by atoms with Crippen LogP contribution in [0.5, 0.6) is 11.5 Å². The number of rotatable bonds is 6. The number of amides is 2. The standard InChI is InChI=1S/C21H19N3O5/c25-11-17(21(27)23-10-13-5-6-18-19(9-13)29-12-28-18)24-20(26)15-7-8-22-16-4-2-1-3-14(15)16/h1-9,17,25H,10-12H2,(H,23,27)(H,24,26)/t17-/m0/s1. The summed E-state index contributed by atoms with van der Waals surface area (Å²) in [5.74, 6) is 0.330. The maximum Gasteiger partial charge on any atom is 0.252 e. The van der Waals surface area contributed by atoms with Crippen LogP contribution in [0.2, 0.25) is 0 Å². The van der Waals surface area contributed by atoms with Gasteiger partial charge < -0.3 is 25.2 Å². The highest BCUT2D eigenvalue weighted by atomic mass is 16.7. The Hall–Kier alpha value is -3.65. The van der Waals surface area contributed by atoms with Gasteiger partial charge in [0.1, 0.15) is 6.04 Å². The van der Waals surface area contributed by atoms with Crippen LogP contribution in [0.3, 0.4) is 0 Å². The predicted molar refractivity (Wildman–Crippen MR) is 104 cm³/mol. The fraction of sp³-hybridized carbons (Fsp3) is 0.190. The Morgan fingerprint density at radius 2 is 1.93 bits per heavy atom. The van der Waals surface area contributed by atoms with Gasteiger partial charge in [0.15, 0.2) is 11.5 Å². The number of hydrogen-bond acceptors (Lipinski definition) is 6. The van der Waals surface area contributed by atoms with Crippen LogP contribution >= 0.6 is 0 Å². The minimum Gasteiger partial charge on any atom is -0.454 e. The molecular weight excluding hydrogens is 374 g/mol. The Morgan fingerprint density at radius 1 is 1.10 bits per heavy atom. The third-order valence-electron chi connectivity index (χ3n) is 4.60. The molecule has 1 aromatic heterocycles. The number of pyridine rings is 1. The molecule has 0 saturated carbocycles. The summed E-state index contributed by atoms with van der Waals surface area (Å²) < 4.78 is 10.6. The minimum absolute atomic E-state index is 0.174. The van der Waals surface area contributed by atoms with Crippen molar-refractivity contribution in [1.29, 1.82) is 0 Å². The van der Waals surface area contributed by atoms with E-state index in [2.05, 4.69) is 15.6 Å². The van der Waals surface area contributed by atoms with Gasteiger partial charge in [-0.05, 0) is 29.8 Å². The largest absolute Gasteiger partial charge is 0.454 e. The van der Waals surface area contributed by atoms with E-state index in [0.29, 0.717) is 28.0 Å². The van der Waals surface area contributed by atoms with Crippen molar-refractivity contribution in [1.82, 2.24) is 15.6 Å². The number of hydrogen-bond donors (Lipinski definition) is 3. The Balaban J connectivity index is 1.41. The summed E-state index contributed by atoms with van der Waals surface area (Å²) in [6.45, 7) is -0.130. The van der Waals surface area contributed by atoms with Gasteiger partial charge >= 0.3 is 0 Å². The molecule has 148 valence electrons. The molecule has 2 aromatic carbocycles. The summed E-state index contributed by atoms with van der Waals surface area (Å²) in [5.41, 5.74) is 1.87. The minimum atomic E-state index is -1.08. The third kappa shape index (κ3) is 3.97. The number of benzene rings is 2. The van der Waals surface area contributed by atoms with Crippen LogP contribution in [0.4, 0.5) is 0 Å². The zero-order valence-electron chi connectivity index (χ0n) is 15.4. The van der Waals surface area contributed by atoms with Crippen molar-refractivity contribution in [3.05, 3.63) is 65.9 Å². The lowest BCUT2D eigenvalue weighted by Crippen LogP contribution is -2.48. The molecule has 0 radical (unpaired) electrons. The average Bonchev–Trinajstić information content (AvgIpc) is 3.23. The van der Waals surface area contributed by atoms with Gasteiger partial charge in [-0.3, -0.25) is 14.6 Å². The first kappa shape index (κ1) is 18.7. The van der Waals surface area contributed by atoms with Crippen LogP contribution in [0.1, 0.15) is 15.9 Å². The first-order valence-electron chi connectivity index (χ1n) is 9.07. The van der Waals surface area contributed by atoms with Crippen LogP contribution in [-0.2, 0) is 11.3 Å². The quantitative estimate of drug-likeness (QED) is 0.584. The van der Waals surface area contributed by atoms with Crippen molar-refractivity contribution in [3.8, 4) is 11.5 Å². The number of fused-ring (bicyclic) bond motifs is 2. The lowest BCUT2D eigenvalue weighted by molar-refractivity contribution is -0.124. The number of carbonyl (C=O) groups is 2. The molecule has 3 N–H and O–H groups in total. The molecule has 1 atom stereocenters. The van der Waals surface area contributed by atoms with Crippen LogP contribution in [0.15, 0.2) is 54.7 Å². The first-order chi connectivity index (χ1) is 14.2. The number of aliphatic hydroxyl groups excluding tert-OH is 1. The molecule has 0 fully saturated rings. The van der Waals surface area contributed by atoms with E-state index in [-0.39, 0.29) is 13.3 Å². The second kappa shape index (κ2) is 8.15. The van der Waals surface area contributed by atoms with E-state index >= 15 is 0 Å². The summed E-state index contributed by atoms with van der Waals surface area (Å²) in [7, 11) is 0. The molecule has 8 heteroatoms. The van der Waals surface area contributed by atoms with Crippen molar-refractivity contribution >= 4 is 22.7 Å². The van der Waals surface area contributed by atoms with Crippen molar-refractivity contribution < 1.29 is 24.2 Å². The van der Waals surface area contributed by atoms with Gasteiger partial charge in [-0.1, -0.05) is 24.3 Å². The number of nitrogens with one attached hydrogen (secondary N) is 2. The molecule has 2 heterocycles. The van der Waals surface area contributed by atoms with Crippen molar-refractivity contribution in [2.45, 2.75) is 12.6 Å². The summed E-state index contributed by atoms with van der Waals surface area (Å²) >= 11 is 0. The van der Waals surface area contributed by atoms with E-state index in [4.69, 9.17) is 9.47 Å². The lowest BCUT2D eigenvalue weighted by atomic mass is 10.1. The fourth-order valence-electron chi connectivity index (χ4n) is 3.09. The molecule has 8 nitrogen and oxygen atoms in total. The summed E-state index contributed by atoms with van der Waals surface area (Å²) in [4.78, 5) is 29.4. The zero-order valence-corrected chi connectivity index (χ0v) is 15.4. The van der Waals surface area contributed by atoms with Gasteiger partial charge in [0.2, 0.25) is 12.7 Å². The van der Waals surface area contributed by atoms with E-state index in [1.54, 1.807) is 30.3 Å². The molecular formula is C21H19N3O5. The highest BCUT2D eigenvalue weighted by molar-refractivity contribution is 6.07. The van der Waals surface area contributed by atoms with Gasteiger partial charge in [-0.15, -0.1) is 0 Å². The molecule has 0 aliphatic carbocycles. The third-order valence-corrected chi connectivity index (χ3v) is 4.60. The monoisotopic (exact) mass is 393 g/mol.